The molecule has 0 saturated carbocycles. The van der Waals surface area contributed by atoms with Crippen LogP contribution in [0, 0.1) is 6.92 Å². The summed E-state index contributed by atoms with van der Waals surface area (Å²) in [5.74, 6) is 0.0565. The Labute approximate surface area is 138 Å². The highest BCUT2D eigenvalue weighted by Crippen LogP contribution is 2.35. The quantitative estimate of drug-likeness (QED) is 0.788. The maximum atomic E-state index is 11.7. The highest BCUT2D eigenvalue weighted by atomic mass is 35.5. The van der Waals surface area contributed by atoms with E-state index < -0.39 is 35.0 Å². The second-order valence-electron chi connectivity index (χ2n) is 4.67. The summed E-state index contributed by atoms with van der Waals surface area (Å²) in [6, 6.07) is 8.32. The van der Waals surface area contributed by atoms with Crippen LogP contribution in [0.4, 0.5) is 0 Å². The predicted octanol–water partition coefficient (Wildman–Crippen LogP) is 2.33. The second-order valence-corrected chi connectivity index (χ2v) is 8.00. The Morgan fingerprint density at radius 3 is 2.26 bits per heavy atom. The molecule has 0 spiro atoms. The van der Waals surface area contributed by atoms with Crippen molar-refractivity contribution in [1.82, 2.24) is 0 Å². The van der Waals surface area contributed by atoms with Gasteiger partial charge in [0.1, 0.15) is 21.3 Å². The first-order valence-corrected chi connectivity index (χ1v) is 9.43. The van der Waals surface area contributed by atoms with Gasteiger partial charge in [-0.3, -0.25) is 4.55 Å². The van der Waals surface area contributed by atoms with Crippen LogP contribution in [0.25, 0.3) is 0 Å². The van der Waals surface area contributed by atoms with Crippen molar-refractivity contribution in [3.8, 4) is 11.5 Å². The molecule has 124 valence electrons. The molecule has 0 aliphatic heterocycles. The first-order valence-electron chi connectivity index (χ1n) is 6.07. The van der Waals surface area contributed by atoms with Crippen LogP contribution >= 0.6 is 11.6 Å². The van der Waals surface area contributed by atoms with Gasteiger partial charge in [0.2, 0.25) is 10.0 Å². The van der Waals surface area contributed by atoms with E-state index in [2.05, 4.69) is 0 Å². The molecule has 0 aliphatic carbocycles. The third-order valence-corrected chi connectivity index (χ3v) is 5.05. The van der Waals surface area contributed by atoms with Crippen molar-refractivity contribution in [2.45, 2.75) is 16.7 Å². The zero-order valence-electron chi connectivity index (χ0n) is 11.7. The molecule has 0 aromatic heterocycles. The van der Waals surface area contributed by atoms with Crippen LogP contribution in [0.3, 0.4) is 0 Å². The Morgan fingerprint density at radius 2 is 1.74 bits per heavy atom. The molecule has 2 rings (SSSR count). The lowest BCUT2D eigenvalue weighted by Gasteiger charge is -2.12. The molecule has 7 nitrogen and oxygen atoms in total. The van der Waals surface area contributed by atoms with E-state index in [1.165, 1.54) is 0 Å². The first-order chi connectivity index (χ1) is 10.5. The highest BCUT2D eigenvalue weighted by molar-refractivity contribution is 7.89. The molecule has 0 saturated heterocycles. The average molecular weight is 378 g/mol. The van der Waals surface area contributed by atoms with Crippen LogP contribution in [-0.4, -0.2) is 21.4 Å². The van der Waals surface area contributed by atoms with Gasteiger partial charge >= 0.3 is 0 Å². The van der Waals surface area contributed by atoms with Crippen LogP contribution in [0.2, 0.25) is 5.02 Å². The van der Waals surface area contributed by atoms with Gasteiger partial charge in [-0.25, -0.2) is 13.6 Å². The van der Waals surface area contributed by atoms with E-state index in [1.54, 1.807) is 18.2 Å². The van der Waals surface area contributed by atoms with Crippen LogP contribution < -0.4 is 9.88 Å². The van der Waals surface area contributed by atoms with E-state index in [-0.39, 0.29) is 5.75 Å². The molecule has 2 aromatic carbocycles. The van der Waals surface area contributed by atoms with E-state index in [4.69, 9.17) is 26.0 Å². The van der Waals surface area contributed by atoms with Crippen LogP contribution in [-0.2, 0) is 20.1 Å². The number of halogens is 1. The van der Waals surface area contributed by atoms with Gasteiger partial charge < -0.3 is 4.74 Å². The number of hydrogen-bond donors (Lipinski definition) is 2. The molecular formula is C13H12ClNO6S2. The number of benzene rings is 2. The maximum absolute atomic E-state index is 11.7. The summed E-state index contributed by atoms with van der Waals surface area (Å²) in [7, 11) is -9.04. The van der Waals surface area contributed by atoms with E-state index in [1.807, 2.05) is 13.0 Å². The minimum Gasteiger partial charge on any atom is -0.456 e. The maximum Gasteiger partial charge on any atom is 0.296 e. The molecule has 0 radical (unpaired) electrons. The topological polar surface area (TPSA) is 124 Å². The summed E-state index contributed by atoms with van der Waals surface area (Å²) in [5, 5.41) is 4.68. The largest absolute Gasteiger partial charge is 0.456 e. The van der Waals surface area contributed by atoms with Crippen LogP contribution in [0.5, 0.6) is 11.5 Å². The van der Waals surface area contributed by atoms with Crippen molar-refractivity contribution in [3.05, 3.63) is 47.0 Å². The van der Waals surface area contributed by atoms with E-state index >= 15 is 0 Å². The third kappa shape index (κ3) is 4.21. The lowest BCUT2D eigenvalue weighted by Crippen LogP contribution is -2.14. The zero-order chi connectivity index (χ0) is 17.4. The van der Waals surface area contributed by atoms with Gasteiger partial charge in [-0.15, -0.1) is 0 Å². The van der Waals surface area contributed by atoms with Gasteiger partial charge in [0.25, 0.3) is 10.1 Å². The molecule has 23 heavy (non-hydrogen) atoms. The van der Waals surface area contributed by atoms with Gasteiger partial charge in [-0.2, -0.15) is 8.42 Å². The van der Waals surface area contributed by atoms with Crippen molar-refractivity contribution in [2.75, 3.05) is 0 Å². The van der Waals surface area contributed by atoms with Gasteiger partial charge in [-0.1, -0.05) is 23.7 Å². The van der Waals surface area contributed by atoms with Gasteiger partial charge in [0, 0.05) is 6.07 Å². The summed E-state index contributed by atoms with van der Waals surface area (Å²) in [5.41, 5.74) is 0.861. The molecule has 0 atom stereocenters. The standard InChI is InChI=1S/C13H12ClNO6S2/c1-8-3-2-4-9(5-8)21-11-6-10(14)12(23(18,19)20)7-13(11)22(15,16)17/h2-7H,1H3,(H2,15,16,17)(H,18,19,20). The molecule has 10 heteroatoms. The molecule has 0 fully saturated rings. The predicted molar refractivity (Wildman–Crippen MR) is 83.9 cm³/mol. The molecule has 0 aliphatic rings. The molecule has 0 unspecified atom stereocenters. The number of hydrogen-bond acceptors (Lipinski definition) is 5. The third-order valence-electron chi connectivity index (χ3n) is 2.80. The van der Waals surface area contributed by atoms with Crippen molar-refractivity contribution < 1.29 is 26.1 Å². The SMILES string of the molecule is Cc1cccc(Oc2cc(Cl)c(S(=O)(=O)O)cc2S(N)(=O)=O)c1. The first kappa shape index (κ1) is 17.7. The van der Waals surface area contributed by atoms with Crippen LogP contribution in [0.15, 0.2) is 46.2 Å². The van der Waals surface area contributed by atoms with Crippen molar-refractivity contribution in [2.24, 2.45) is 5.14 Å². The number of primary sulfonamides is 1. The fraction of sp³-hybridized carbons (Fsp3) is 0.0769. The Balaban J connectivity index is 2.66. The van der Waals surface area contributed by atoms with E-state index in [0.29, 0.717) is 11.8 Å². The number of aryl methyl sites for hydroxylation is 1. The molecule has 0 heterocycles. The Bertz CT molecular complexity index is 970. The average Bonchev–Trinajstić information content (AvgIpc) is 2.35. The Morgan fingerprint density at radius 1 is 1.09 bits per heavy atom. The number of nitrogens with two attached hydrogens (primary N) is 1. The molecule has 3 N–H and O–H groups in total. The molecular weight excluding hydrogens is 366 g/mol. The lowest BCUT2D eigenvalue weighted by atomic mass is 10.2. The number of sulfonamides is 1. The summed E-state index contributed by atoms with van der Waals surface area (Å²) < 4.78 is 60.4. The van der Waals surface area contributed by atoms with Gasteiger partial charge in [0.15, 0.2) is 0 Å². The van der Waals surface area contributed by atoms with Gasteiger partial charge in [0.05, 0.1) is 5.02 Å². The summed E-state index contributed by atoms with van der Waals surface area (Å²) >= 11 is 5.78. The number of rotatable bonds is 4. The fourth-order valence-corrected chi connectivity index (χ4v) is 3.58. The van der Waals surface area contributed by atoms with Crippen molar-refractivity contribution >= 4 is 31.7 Å². The fourth-order valence-electron chi connectivity index (χ4n) is 1.82. The van der Waals surface area contributed by atoms with Crippen molar-refractivity contribution in [1.29, 1.82) is 0 Å². The second kappa shape index (κ2) is 6.10. The summed E-state index contributed by atoms with van der Waals surface area (Å²) in [4.78, 5) is -1.39. The Hall–Kier alpha value is -1.65. The lowest BCUT2D eigenvalue weighted by molar-refractivity contribution is 0.464. The highest BCUT2D eigenvalue weighted by Gasteiger charge is 2.24. The Kier molecular flexibility index (Phi) is 4.69. The normalized spacial score (nSPS) is 12.2. The van der Waals surface area contributed by atoms with Crippen molar-refractivity contribution in [3.63, 3.8) is 0 Å². The molecule has 0 bridgehead atoms. The van der Waals surface area contributed by atoms with Gasteiger partial charge in [-0.05, 0) is 30.7 Å². The minimum atomic E-state index is -4.72. The van der Waals surface area contributed by atoms with E-state index in [9.17, 15) is 16.8 Å². The molecule has 0 amide bonds. The zero-order valence-corrected chi connectivity index (χ0v) is 14.1. The van der Waals surface area contributed by atoms with Crippen LogP contribution in [0.1, 0.15) is 5.56 Å². The summed E-state index contributed by atoms with van der Waals surface area (Å²) in [6.45, 7) is 1.81. The minimum absolute atomic E-state index is 0.254. The summed E-state index contributed by atoms with van der Waals surface area (Å²) in [6.07, 6.45) is 0. The van der Waals surface area contributed by atoms with E-state index in [0.717, 1.165) is 11.6 Å². The smallest absolute Gasteiger partial charge is 0.296 e. The monoisotopic (exact) mass is 377 g/mol. The molecule has 2 aromatic rings. The number of ether oxygens (including phenoxy) is 1.